The van der Waals surface area contributed by atoms with Crippen LogP contribution in [0.4, 0.5) is 5.69 Å². The molecule has 3 aromatic rings. The van der Waals surface area contributed by atoms with Gasteiger partial charge >= 0.3 is 0 Å². The van der Waals surface area contributed by atoms with Crippen LogP contribution < -0.4 is 5.32 Å². The molecule has 1 aliphatic heterocycles. The lowest BCUT2D eigenvalue weighted by molar-refractivity contribution is 0.0950. The third kappa shape index (κ3) is 4.58. The van der Waals surface area contributed by atoms with Crippen molar-refractivity contribution in [2.24, 2.45) is 5.92 Å². The zero-order valence-corrected chi connectivity index (χ0v) is 20.1. The molecule has 4 rings (SSSR count). The Hall–Kier alpha value is -3.54. The normalized spacial score (nSPS) is 15.7. The largest absolute Gasteiger partial charge is 0.348 e. The molecule has 1 aromatic heterocycles. The van der Waals surface area contributed by atoms with Crippen molar-refractivity contribution in [1.82, 2.24) is 14.6 Å². The fraction of sp³-hybridized carbons (Fsp3) is 0.269. The van der Waals surface area contributed by atoms with Crippen molar-refractivity contribution in [2.45, 2.75) is 44.8 Å². The Bertz CT molecular complexity index is 1360. The van der Waals surface area contributed by atoms with Crippen molar-refractivity contribution in [1.29, 1.82) is 0 Å². The van der Waals surface area contributed by atoms with Crippen molar-refractivity contribution in [3.8, 4) is 0 Å². The van der Waals surface area contributed by atoms with Gasteiger partial charge in [-0.3, -0.25) is 9.78 Å². The number of nitrogens with one attached hydrogen (secondary N) is 1. The van der Waals surface area contributed by atoms with E-state index in [-0.39, 0.29) is 23.3 Å². The topological polar surface area (TPSA) is 83.7 Å². The molecule has 1 atom stereocenters. The number of carbonyl (C=O) groups is 1. The molecule has 0 spiro atoms. The van der Waals surface area contributed by atoms with E-state index in [0.717, 1.165) is 16.7 Å². The summed E-state index contributed by atoms with van der Waals surface area (Å²) in [6.45, 7) is 13.5. The lowest BCUT2D eigenvalue weighted by Gasteiger charge is -2.27. The molecule has 0 saturated carbocycles. The maximum atomic E-state index is 13.5. The number of fused-ring (bicyclic) bond motifs is 1. The quantitative estimate of drug-likeness (QED) is 0.522. The minimum Gasteiger partial charge on any atom is -0.348 e. The number of aromatic nitrogens is 1. The first-order valence-corrected chi connectivity index (χ1v) is 12.5. The first-order valence-electron chi connectivity index (χ1n) is 11.0. The van der Waals surface area contributed by atoms with Gasteiger partial charge in [0.2, 0.25) is 10.0 Å². The SMILES string of the molecule is [C-]#[N+]c1ccc(S(=O)(=O)N2Cc3cc(C(=O)NCc4ccc(C)cc4)cnc3[C@@H]2C(C)C)cc1. The molecular weight excluding hydrogens is 448 g/mol. The lowest BCUT2D eigenvalue weighted by atomic mass is 10.0. The van der Waals surface area contributed by atoms with E-state index in [0.29, 0.717) is 23.5 Å². The number of aryl methyl sites for hydroxylation is 1. The van der Waals surface area contributed by atoms with Crippen LogP contribution in [0.15, 0.2) is 65.7 Å². The van der Waals surface area contributed by atoms with E-state index in [1.165, 1.54) is 34.8 Å². The summed E-state index contributed by atoms with van der Waals surface area (Å²) in [4.78, 5) is 20.7. The van der Waals surface area contributed by atoms with Crippen LogP contribution in [-0.4, -0.2) is 23.6 Å². The first-order chi connectivity index (χ1) is 16.2. The molecule has 2 aromatic carbocycles. The van der Waals surface area contributed by atoms with Crippen molar-refractivity contribution in [3.05, 3.63) is 100 Å². The van der Waals surface area contributed by atoms with Gasteiger partial charge < -0.3 is 5.32 Å². The molecule has 0 bridgehead atoms. The Morgan fingerprint density at radius 2 is 1.85 bits per heavy atom. The molecule has 0 aliphatic carbocycles. The van der Waals surface area contributed by atoms with Gasteiger partial charge in [-0.1, -0.05) is 67.9 Å². The average Bonchev–Trinajstić information content (AvgIpc) is 3.23. The van der Waals surface area contributed by atoms with Crippen LogP contribution in [0.1, 0.15) is 52.6 Å². The summed E-state index contributed by atoms with van der Waals surface area (Å²) >= 11 is 0. The molecule has 1 aliphatic rings. The summed E-state index contributed by atoms with van der Waals surface area (Å²) in [7, 11) is -3.82. The highest BCUT2D eigenvalue weighted by molar-refractivity contribution is 7.89. The molecule has 2 heterocycles. The van der Waals surface area contributed by atoms with E-state index in [9.17, 15) is 13.2 Å². The minimum atomic E-state index is -3.82. The molecule has 0 saturated heterocycles. The number of pyridine rings is 1. The highest BCUT2D eigenvalue weighted by Crippen LogP contribution is 2.41. The van der Waals surface area contributed by atoms with Crippen molar-refractivity contribution in [3.63, 3.8) is 0 Å². The van der Waals surface area contributed by atoms with Gasteiger partial charge in [-0.05, 0) is 30.0 Å². The molecule has 1 amide bonds. The van der Waals surface area contributed by atoms with Crippen LogP contribution >= 0.6 is 0 Å². The second-order valence-electron chi connectivity index (χ2n) is 8.78. The number of rotatable bonds is 6. The summed E-state index contributed by atoms with van der Waals surface area (Å²) in [5.41, 5.74) is 4.32. The van der Waals surface area contributed by atoms with Gasteiger partial charge in [-0.25, -0.2) is 13.3 Å². The van der Waals surface area contributed by atoms with Crippen molar-refractivity contribution in [2.75, 3.05) is 0 Å². The summed E-state index contributed by atoms with van der Waals surface area (Å²) in [5, 5.41) is 2.90. The number of nitrogens with zero attached hydrogens (tertiary/aromatic N) is 3. The van der Waals surface area contributed by atoms with E-state index >= 15 is 0 Å². The van der Waals surface area contributed by atoms with Gasteiger partial charge in [0.25, 0.3) is 5.91 Å². The molecule has 7 nitrogen and oxygen atoms in total. The van der Waals surface area contributed by atoms with Crippen LogP contribution in [0.2, 0.25) is 0 Å². The number of amides is 1. The van der Waals surface area contributed by atoms with Crippen LogP contribution in [-0.2, 0) is 23.1 Å². The maximum absolute atomic E-state index is 13.5. The molecule has 1 N–H and O–H groups in total. The second kappa shape index (κ2) is 9.37. The molecule has 0 unspecified atom stereocenters. The van der Waals surface area contributed by atoms with Gasteiger partial charge in [-0.2, -0.15) is 4.31 Å². The summed E-state index contributed by atoms with van der Waals surface area (Å²) in [5.74, 6) is -0.278. The first kappa shape index (κ1) is 23.6. The van der Waals surface area contributed by atoms with E-state index in [2.05, 4.69) is 15.1 Å². The molecule has 174 valence electrons. The molecule has 34 heavy (non-hydrogen) atoms. The number of hydrogen-bond donors (Lipinski definition) is 1. The van der Waals surface area contributed by atoms with Gasteiger partial charge in [0.05, 0.1) is 28.8 Å². The fourth-order valence-corrected chi connectivity index (χ4v) is 5.84. The predicted octanol–water partition coefficient (Wildman–Crippen LogP) is 4.77. The van der Waals surface area contributed by atoms with E-state index in [1.807, 2.05) is 45.0 Å². The Morgan fingerprint density at radius 3 is 2.47 bits per heavy atom. The monoisotopic (exact) mass is 474 g/mol. The van der Waals surface area contributed by atoms with Gasteiger partial charge in [0, 0.05) is 19.3 Å². The number of carbonyl (C=O) groups excluding carboxylic acids is 1. The lowest BCUT2D eigenvalue weighted by Crippen LogP contribution is -2.32. The Labute approximate surface area is 200 Å². The van der Waals surface area contributed by atoms with Gasteiger partial charge in [-0.15, -0.1) is 0 Å². The zero-order chi connectivity index (χ0) is 24.5. The van der Waals surface area contributed by atoms with E-state index < -0.39 is 16.1 Å². The van der Waals surface area contributed by atoms with E-state index in [4.69, 9.17) is 6.57 Å². The van der Waals surface area contributed by atoms with Crippen LogP contribution in [0, 0.1) is 19.4 Å². The highest BCUT2D eigenvalue weighted by Gasteiger charge is 2.41. The third-order valence-corrected chi connectivity index (χ3v) is 7.80. The van der Waals surface area contributed by atoms with Crippen molar-refractivity contribution >= 4 is 21.6 Å². The summed E-state index contributed by atoms with van der Waals surface area (Å²) in [6, 6.07) is 15.1. The van der Waals surface area contributed by atoms with Crippen LogP contribution in [0.3, 0.4) is 0 Å². The summed E-state index contributed by atoms with van der Waals surface area (Å²) in [6.07, 6.45) is 1.51. The molecular formula is C26H26N4O3S. The Kier molecular flexibility index (Phi) is 6.51. The smallest absolute Gasteiger partial charge is 0.253 e. The number of hydrogen-bond acceptors (Lipinski definition) is 4. The Morgan fingerprint density at radius 1 is 1.18 bits per heavy atom. The van der Waals surface area contributed by atoms with Crippen molar-refractivity contribution < 1.29 is 13.2 Å². The zero-order valence-electron chi connectivity index (χ0n) is 19.3. The molecule has 0 fully saturated rings. The van der Waals surface area contributed by atoms with E-state index in [1.54, 1.807) is 6.07 Å². The minimum absolute atomic E-state index is 0.0211. The second-order valence-corrected chi connectivity index (χ2v) is 10.7. The van der Waals surface area contributed by atoms with Crippen LogP contribution in [0.5, 0.6) is 0 Å². The average molecular weight is 475 g/mol. The maximum Gasteiger partial charge on any atom is 0.253 e. The standard InChI is InChI=1S/C26H26N4O3S/c1-17(2)25-24-21(16-30(25)34(32,33)23-11-9-22(27-4)10-12-23)13-20(15-28-24)26(31)29-14-19-7-5-18(3)6-8-19/h5-13,15,17,25H,14,16H2,1-3H3,(H,29,31)/t25-/m0/s1. The van der Waals surface area contributed by atoms with Crippen LogP contribution in [0.25, 0.3) is 4.85 Å². The fourth-order valence-electron chi connectivity index (χ4n) is 4.14. The number of benzene rings is 2. The third-order valence-electron chi connectivity index (χ3n) is 5.96. The summed E-state index contributed by atoms with van der Waals surface area (Å²) < 4.78 is 28.4. The van der Waals surface area contributed by atoms with Gasteiger partial charge in [0.15, 0.2) is 5.69 Å². The molecule has 8 heteroatoms. The van der Waals surface area contributed by atoms with Gasteiger partial charge in [0.1, 0.15) is 0 Å². The highest BCUT2D eigenvalue weighted by atomic mass is 32.2. The number of sulfonamides is 1. The Balaban J connectivity index is 1.58. The predicted molar refractivity (Wildman–Crippen MR) is 130 cm³/mol. The molecule has 0 radical (unpaired) electrons.